The van der Waals surface area contributed by atoms with Crippen molar-refractivity contribution in [1.29, 1.82) is 0 Å². The fourth-order valence-corrected chi connectivity index (χ4v) is 2.79. The molecule has 0 spiro atoms. The fourth-order valence-electron chi connectivity index (χ4n) is 2.79. The zero-order chi connectivity index (χ0) is 17.3. The third kappa shape index (κ3) is 3.38. The molecule has 0 saturated carbocycles. The van der Waals surface area contributed by atoms with E-state index >= 15 is 0 Å². The molecule has 0 heterocycles. The molecule has 0 aliphatic carbocycles. The van der Waals surface area contributed by atoms with E-state index in [2.05, 4.69) is 81.5 Å². The summed E-state index contributed by atoms with van der Waals surface area (Å²) in [4.78, 5) is 0. The molecule has 0 radical (unpaired) electrons. The molecule has 0 amide bonds. The first-order chi connectivity index (χ1) is 11.4. The number of rotatable bonds is 3. The summed E-state index contributed by atoms with van der Waals surface area (Å²) in [6.07, 6.45) is 0. The second kappa shape index (κ2) is 6.20. The maximum Gasteiger partial charge on any atom is 0.119 e. The maximum absolute atomic E-state index is 5.41. The van der Waals surface area contributed by atoms with Crippen molar-refractivity contribution in [2.75, 3.05) is 12.4 Å². The van der Waals surface area contributed by atoms with Gasteiger partial charge in [-0.3, -0.25) is 0 Å². The number of hydrogen-bond donors (Lipinski definition) is 1. The number of aryl methyl sites for hydroxylation is 1. The first kappa shape index (κ1) is 16.4. The van der Waals surface area contributed by atoms with Crippen LogP contribution in [0.3, 0.4) is 0 Å². The van der Waals surface area contributed by atoms with E-state index in [0.717, 1.165) is 17.1 Å². The number of benzene rings is 3. The minimum absolute atomic E-state index is 0.0951. The number of anilines is 2. The van der Waals surface area contributed by atoms with Crippen LogP contribution in [0.1, 0.15) is 31.9 Å². The van der Waals surface area contributed by atoms with Crippen molar-refractivity contribution in [3.8, 4) is 5.75 Å². The molecule has 2 heteroatoms. The minimum Gasteiger partial charge on any atom is -0.497 e. The van der Waals surface area contributed by atoms with Crippen LogP contribution in [0.5, 0.6) is 5.75 Å². The SMILES string of the molecule is COc1ccc2cc(C(C)(C)C)cc(Nc3ccc(C)cc3)c2c1. The molecule has 2 nitrogen and oxygen atoms in total. The Labute approximate surface area is 144 Å². The summed E-state index contributed by atoms with van der Waals surface area (Å²) in [5, 5.41) is 5.97. The van der Waals surface area contributed by atoms with Gasteiger partial charge in [-0.1, -0.05) is 50.6 Å². The van der Waals surface area contributed by atoms with Crippen LogP contribution in [-0.4, -0.2) is 7.11 Å². The van der Waals surface area contributed by atoms with Crippen LogP contribution in [0, 0.1) is 6.92 Å². The lowest BCUT2D eigenvalue weighted by atomic mass is 9.85. The van der Waals surface area contributed by atoms with Crippen LogP contribution in [0.15, 0.2) is 54.6 Å². The topological polar surface area (TPSA) is 21.3 Å². The van der Waals surface area contributed by atoms with Crippen molar-refractivity contribution in [3.63, 3.8) is 0 Å². The van der Waals surface area contributed by atoms with Gasteiger partial charge < -0.3 is 10.1 Å². The molecule has 3 rings (SSSR count). The summed E-state index contributed by atoms with van der Waals surface area (Å²) in [5.41, 5.74) is 4.87. The molecule has 0 saturated heterocycles. The predicted molar refractivity (Wildman–Crippen MR) is 104 cm³/mol. The first-order valence-electron chi connectivity index (χ1n) is 8.33. The Morgan fingerprint density at radius 1 is 0.875 bits per heavy atom. The molecule has 124 valence electrons. The van der Waals surface area contributed by atoms with Crippen molar-refractivity contribution >= 4 is 22.1 Å². The van der Waals surface area contributed by atoms with Gasteiger partial charge in [0.25, 0.3) is 0 Å². The molecule has 0 aromatic heterocycles. The molecular formula is C22H25NO. The van der Waals surface area contributed by atoms with Gasteiger partial charge in [-0.15, -0.1) is 0 Å². The molecule has 0 aliphatic heterocycles. The van der Waals surface area contributed by atoms with Crippen LogP contribution < -0.4 is 10.1 Å². The molecule has 0 bridgehead atoms. The van der Waals surface area contributed by atoms with Crippen molar-refractivity contribution in [3.05, 3.63) is 65.7 Å². The standard InChI is InChI=1S/C22H25NO/c1-15-6-9-18(10-7-15)23-21-13-17(22(2,3)4)12-16-8-11-19(24-5)14-20(16)21/h6-14,23H,1-5H3. The summed E-state index contributed by atoms with van der Waals surface area (Å²) >= 11 is 0. The maximum atomic E-state index is 5.41. The summed E-state index contributed by atoms with van der Waals surface area (Å²) in [6, 6.07) is 19.2. The number of methoxy groups -OCH3 is 1. The zero-order valence-electron chi connectivity index (χ0n) is 15.1. The molecule has 24 heavy (non-hydrogen) atoms. The van der Waals surface area contributed by atoms with E-state index in [-0.39, 0.29) is 5.41 Å². The lowest BCUT2D eigenvalue weighted by molar-refractivity contribution is 0.415. The average molecular weight is 319 g/mol. The van der Waals surface area contributed by atoms with E-state index in [1.165, 1.54) is 21.9 Å². The fraction of sp³-hybridized carbons (Fsp3) is 0.273. The highest BCUT2D eigenvalue weighted by molar-refractivity contribution is 5.97. The lowest BCUT2D eigenvalue weighted by Gasteiger charge is -2.22. The molecule has 0 aliphatic rings. The summed E-state index contributed by atoms with van der Waals surface area (Å²) < 4.78 is 5.41. The molecule has 0 unspecified atom stereocenters. The quantitative estimate of drug-likeness (QED) is 0.620. The Balaban J connectivity index is 2.16. The van der Waals surface area contributed by atoms with Crippen LogP contribution in [0.2, 0.25) is 0 Å². The van der Waals surface area contributed by atoms with Crippen molar-refractivity contribution in [2.24, 2.45) is 0 Å². The second-order valence-electron chi connectivity index (χ2n) is 7.35. The van der Waals surface area contributed by atoms with Crippen LogP contribution in [0.25, 0.3) is 10.8 Å². The third-order valence-electron chi connectivity index (χ3n) is 4.36. The molecule has 0 atom stereocenters. The normalized spacial score (nSPS) is 11.5. The monoisotopic (exact) mass is 319 g/mol. The van der Waals surface area contributed by atoms with E-state index < -0.39 is 0 Å². The van der Waals surface area contributed by atoms with Gasteiger partial charge in [0.05, 0.1) is 7.11 Å². The largest absolute Gasteiger partial charge is 0.497 e. The number of nitrogens with one attached hydrogen (secondary N) is 1. The summed E-state index contributed by atoms with van der Waals surface area (Å²) in [7, 11) is 1.71. The Bertz CT molecular complexity index is 858. The zero-order valence-corrected chi connectivity index (χ0v) is 15.1. The minimum atomic E-state index is 0.0951. The predicted octanol–water partition coefficient (Wildman–Crippen LogP) is 6.20. The van der Waals surface area contributed by atoms with Gasteiger partial charge in [0.15, 0.2) is 0 Å². The first-order valence-corrected chi connectivity index (χ1v) is 8.33. The molecule has 1 N–H and O–H groups in total. The van der Waals surface area contributed by atoms with E-state index in [1.807, 2.05) is 6.07 Å². The van der Waals surface area contributed by atoms with E-state index in [1.54, 1.807) is 7.11 Å². The Morgan fingerprint density at radius 2 is 1.58 bits per heavy atom. The van der Waals surface area contributed by atoms with Crippen LogP contribution in [-0.2, 0) is 5.41 Å². The third-order valence-corrected chi connectivity index (χ3v) is 4.36. The van der Waals surface area contributed by atoms with Gasteiger partial charge in [0.2, 0.25) is 0 Å². The van der Waals surface area contributed by atoms with Gasteiger partial charge in [0.1, 0.15) is 5.75 Å². The van der Waals surface area contributed by atoms with E-state index in [9.17, 15) is 0 Å². The van der Waals surface area contributed by atoms with Gasteiger partial charge >= 0.3 is 0 Å². The van der Waals surface area contributed by atoms with Gasteiger partial charge in [-0.25, -0.2) is 0 Å². The van der Waals surface area contributed by atoms with Crippen LogP contribution in [0.4, 0.5) is 11.4 Å². The van der Waals surface area contributed by atoms with E-state index in [0.29, 0.717) is 0 Å². The molecular weight excluding hydrogens is 294 g/mol. The van der Waals surface area contributed by atoms with Gasteiger partial charge in [0, 0.05) is 16.8 Å². The Morgan fingerprint density at radius 3 is 2.21 bits per heavy atom. The Hall–Kier alpha value is -2.48. The number of ether oxygens (including phenoxy) is 1. The van der Waals surface area contributed by atoms with Crippen molar-refractivity contribution in [2.45, 2.75) is 33.1 Å². The number of hydrogen-bond acceptors (Lipinski definition) is 2. The molecule has 3 aromatic rings. The molecule has 3 aromatic carbocycles. The highest BCUT2D eigenvalue weighted by Gasteiger charge is 2.16. The highest BCUT2D eigenvalue weighted by atomic mass is 16.5. The lowest BCUT2D eigenvalue weighted by Crippen LogP contribution is -2.11. The number of fused-ring (bicyclic) bond motifs is 1. The second-order valence-corrected chi connectivity index (χ2v) is 7.35. The van der Waals surface area contributed by atoms with Crippen LogP contribution >= 0.6 is 0 Å². The van der Waals surface area contributed by atoms with Crippen molar-refractivity contribution < 1.29 is 4.74 Å². The summed E-state index contributed by atoms with van der Waals surface area (Å²) in [5.74, 6) is 0.873. The smallest absolute Gasteiger partial charge is 0.119 e. The van der Waals surface area contributed by atoms with Gasteiger partial charge in [-0.2, -0.15) is 0 Å². The average Bonchev–Trinajstić information content (AvgIpc) is 2.55. The van der Waals surface area contributed by atoms with E-state index in [4.69, 9.17) is 4.74 Å². The summed E-state index contributed by atoms with van der Waals surface area (Å²) in [6.45, 7) is 8.83. The van der Waals surface area contributed by atoms with Crippen molar-refractivity contribution in [1.82, 2.24) is 0 Å². The highest BCUT2D eigenvalue weighted by Crippen LogP contribution is 2.35. The van der Waals surface area contributed by atoms with Gasteiger partial charge in [-0.05, 0) is 53.6 Å². The molecule has 0 fully saturated rings. The Kier molecular flexibility index (Phi) is 4.23.